The monoisotopic (exact) mass is 340 g/mol. The van der Waals surface area contributed by atoms with Gasteiger partial charge in [0.2, 0.25) is 0 Å². The number of rotatable bonds is 5. The van der Waals surface area contributed by atoms with Crippen molar-refractivity contribution in [3.05, 3.63) is 59.7 Å². The van der Waals surface area contributed by atoms with E-state index in [9.17, 15) is 9.90 Å². The Labute approximate surface area is 145 Å². The molecule has 1 atom stereocenters. The second kappa shape index (κ2) is 6.48. The van der Waals surface area contributed by atoms with Crippen molar-refractivity contribution in [3.63, 3.8) is 0 Å². The van der Waals surface area contributed by atoms with Gasteiger partial charge >= 0.3 is 0 Å². The normalized spacial score (nSPS) is 13.4. The van der Waals surface area contributed by atoms with E-state index in [4.69, 9.17) is 0 Å². The van der Waals surface area contributed by atoms with Gasteiger partial charge in [-0.2, -0.15) is 5.10 Å². The number of carbonyl (C=O) groups excluding carboxylic acids is 1. The zero-order valence-electron chi connectivity index (χ0n) is 14.3. The van der Waals surface area contributed by atoms with Crippen LogP contribution in [0.15, 0.2) is 42.7 Å². The molecule has 1 amide bonds. The third-order valence-electron chi connectivity index (χ3n) is 4.03. The molecule has 0 fully saturated rings. The summed E-state index contributed by atoms with van der Waals surface area (Å²) in [4.78, 5) is 12.4. The summed E-state index contributed by atoms with van der Waals surface area (Å²) in [5.41, 5.74) is 1.08. The minimum atomic E-state index is -1.23. The molecule has 2 N–H and O–H groups in total. The Bertz CT molecular complexity index is 882. The van der Waals surface area contributed by atoms with E-state index in [1.54, 1.807) is 42.7 Å². The van der Waals surface area contributed by atoms with Crippen LogP contribution in [0.2, 0.25) is 0 Å². The molecule has 0 bridgehead atoms. The maximum Gasteiger partial charge on any atom is 0.273 e. The largest absolute Gasteiger partial charge is 0.383 e. The topological polar surface area (TPSA) is 97.9 Å². The summed E-state index contributed by atoms with van der Waals surface area (Å²) in [7, 11) is 1.77. The molecule has 2 heterocycles. The van der Waals surface area contributed by atoms with Crippen molar-refractivity contribution in [1.29, 1.82) is 0 Å². The molecule has 2 aromatic heterocycles. The molecule has 25 heavy (non-hydrogen) atoms. The third-order valence-corrected chi connectivity index (χ3v) is 4.03. The fraction of sp³-hybridized carbons (Fsp3) is 0.294. The molecule has 1 aromatic carbocycles. The number of para-hydroxylation sites is 1. The Kier molecular flexibility index (Phi) is 4.37. The van der Waals surface area contributed by atoms with Gasteiger partial charge in [0.25, 0.3) is 5.91 Å². The van der Waals surface area contributed by atoms with Crippen LogP contribution in [0, 0.1) is 6.92 Å². The smallest absolute Gasteiger partial charge is 0.273 e. The second-order valence-corrected chi connectivity index (χ2v) is 6.13. The zero-order chi connectivity index (χ0) is 18.0. The molecule has 8 heteroatoms. The molecule has 130 valence electrons. The van der Waals surface area contributed by atoms with Crippen molar-refractivity contribution in [2.75, 3.05) is 6.54 Å². The highest BCUT2D eigenvalue weighted by atomic mass is 16.3. The lowest BCUT2D eigenvalue weighted by atomic mass is 10.00. The Morgan fingerprint density at radius 2 is 2.04 bits per heavy atom. The molecule has 3 aromatic rings. The number of hydrogen-bond donors (Lipinski definition) is 2. The predicted molar refractivity (Wildman–Crippen MR) is 91.2 cm³/mol. The minimum absolute atomic E-state index is 0.0369. The summed E-state index contributed by atoms with van der Waals surface area (Å²) in [6.07, 6.45) is 3.28. The summed E-state index contributed by atoms with van der Waals surface area (Å²) < 4.78 is 3.20. The molecule has 0 spiro atoms. The number of aliphatic hydroxyl groups is 1. The van der Waals surface area contributed by atoms with Crippen LogP contribution in [-0.2, 0) is 12.6 Å². The predicted octanol–water partition coefficient (Wildman–Crippen LogP) is 0.947. The maximum atomic E-state index is 12.4. The summed E-state index contributed by atoms with van der Waals surface area (Å²) in [6, 6.07) is 9.46. The first-order valence-corrected chi connectivity index (χ1v) is 7.86. The average molecular weight is 340 g/mol. The first kappa shape index (κ1) is 16.8. The lowest BCUT2D eigenvalue weighted by Gasteiger charge is -2.22. The van der Waals surface area contributed by atoms with Crippen molar-refractivity contribution in [1.82, 2.24) is 30.1 Å². The van der Waals surface area contributed by atoms with Crippen LogP contribution in [0.1, 0.15) is 28.7 Å². The molecular weight excluding hydrogens is 320 g/mol. The second-order valence-electron chi connectivity index (χ2n) is 6.13. The summed E-state index contributed by atoms with van der Waals surface area (Å²) >= 11 is 0. The highest BCUT2D eigenvalue weighted by molar-refractivity contribution is 5.93. The highest BCUT2D eigenvalue weighted by Gasteiger charge is 2.27. The van der Waals surface area contributed by atoms with E-state index in [-0.39, 0.29) is 18.1 Å². The van der Waals surface area contributed by atoms with E-state index >= 15 is 0 Å². The molecule has 0 aliphatic carbocycles. The number of nitrogens with zero attached hydrogens (tertiary/aromatic N) is 5. The van der Waals surface area contributed by atoms with Gasteiger partial charge in [-0.15, -0.1) is 5.10 Å². The van der Waals surface area contributed by atoms with Crippen molar-refractivity contribution < 1.29 is 9.90 Å². The number of hydrogen-bond acceptors (Lipinski definition) is 5. The number of benzene rings is 1. The van der Waals surface area contributed by atoms with Gasteiger partial charge in [-0.05, 0) is 26.0 Å². The summed E-state index contributed by atoms with van der Waals surface area (Å²) in [5.74, 6) is -0.385. The van der Waals surface area contributed by atoms with Gasteiger partial charge in [-0.25, -0.2) is 4.68 Å². The molecule has 3 rings (SSSR count). The summed E-state index contributed by atoms with van der Waals surface area (Å²) in [6.45, 7) is 3.44. The van der Waals surface area contributed by atoms with E-state index in [0.29, 0.717) is 11.3 Å². The van der Waals surface area contributed by atoms with E-state index in [2.05, 4.69) is 20.7 Å². The highest BCUT2D eigenvalue weighted by Crippen LogP contribution is 2.19. The van der Waals surface area contributed by atoms with Gasteiger partial charge in [0.15, 0.2) is 5.69 Å². The van der Waals surface area contributed by atoms with E-state index < -0.39 is 5.60 Å². The quantitative estimate of drug-likeness (QED) is 0.720. The summed E-state index contributed by atoms with van der Waals surface area (Å²) in [5, 5.41) is 25.3. The SMILES string of the molecule is Cc1c(C(=O)NC[C@](C)(O)c2cnn(C)c2)nnn1-c1ccccc1. The van der Waals surface area contributed by atoms with Crippen molar-refractivity contribution in [3.8, 4) is 5.69 Å². The van der Waals surface area contributed by atoms with E-state index in [1.807, 2.05) is 30.3 Å². The Morgan fingerprint density at radius 3 is 2.68 bits per heavy atom. The van der Waals surface area contributed by atoms with Gasteiger partial charge in [-0.3, -0.25) is 9.48 Å². The molecule has 0 unspecified atom stereocenters. The molecule has 0 saturated carbocycles. The third kappa shape index (κ3) is 3.43. The van der Waals surface area contributed by atoms with Crippen LogP contribution in [-0.4, -0.2) is 42.3 Å². The van der Waals surface area contributed by atoms with E-state index in [0.717, 1.165) is 5.69 Å². The fourth-order valence-corrected chi connectivity index (χ4v) is 2.49. The maximum absolute atomic E-state index is 12.4. The number of aromatic nitrogens is 5. The van der Waals surface area contributed by atoms with Gasteiger partial charge in [0.1, 0.15) is 5.60 Å². The molecular formula is C17H20N6O2. The van der Waals surface area contributed by atoms with Crippen LogP contribution in [0.3, 0.4) is 0 Å². The first-order chi connectivity index (χ1) is 11.9. The van der Waals surface area contributed by atoms with Crippen molar-refractivity contribution in [2.45, 2.75) is 19.4 Å². The fourth-order valence-electron chi connectivity index (χ4n) is 2.49. The van der Waals surface area contributed by atoms with Gasteiger partial charge in [0.05, 0.1) is 24.1 Å². The van der Waals surface area contributed by atoms with Crippen LogP contribution in [0.5, 0.6) is 0 Å². The molecule has 0 aliphatic heterocycles. The average Bonchev–Trinajstić information content (AvgIpc) is 3.20. The number of nitrogens with one attached hydrogen (secondary N) is 1. The number of carbonyl (C=O) groups is 1. The minimum Gasteiger partial charge on any atom is -0.383 e. The van der Waals surface area contributed by atoms with Gasteiger partial charge in [0, 0.05) is 18.8 Å². The zero-order valence-corrected chi connectivity index (χ0v) is 14.3. The number of aryl methyl sites for hydroxylation is 1. The van der Waals surface area contributed by atoms with Crippen LogP contribution >= 0.6 is 0 Å². The standard InChI is InChI=1S/C17H20N6O2/c1-12-15(20-21-23(12)14-7-5-4-6-8-14)16(24)18-11-17(2,25)13-9-19-22(3)10-13/h4-10,25H,11H2,1-3H3,(H,18,24)/t17-/m0/s1. The number of amides is 1. The van der Waals surface area contributed by atoms with Crippen LogP contribution in [0.25, 0.3) is 5.69 Å². The molecule has 0 saturated heterocycles. The molecule has 8 nitrogen and oxygen atoms in total. The Hall–Kier alpha value is -3.00. The van der Waals surface area contributed by atoms with Crippen molar-refractivity contribution >= 4 is 5.91 Å². The lowest BCUT2D eigenvalue weighted by Crippen LogP contribution is -2.38. The lowest BCUT2D eigenvalue weighted by molar-refractivity contribution is 0.0524. The van der Waals surface area contributed by atoms with E-state index in [1.165, 1.54) is 0 Å². The van der Waals surface area contributed by atoms with Crippen LogP contribution in [0.4, 0.5) is 0 Å². The molecule has 0 aliphatic rings. The Balaban J connectivity index is 1.73. The first-order valence-electron chi connectivity index (χ1n) is 7.86. The van der Waals surface area contributed by atoms with Gasteiger partial charge < -0.3 is 10.4 Å². The Morgan fingerprint density at radius 1 is 1.32 bits per heavy atom. The molecule has 0 radical (unpaired) electrons. The van der Waals surface area contributed by atoms with Gasteiger partial charge in [-0.1, -0.05) is 23.4 Å². The van der Waals surface area contributed by atoms with Crippen LogP contribution < -0.4 is 5.32 Å². The van der Waals surface area contributed by atoms with Crippen molar-refractivity contribution in [2.24, 2.45) is 7.05 Å².